The van der Waals surface area contributed by atoms with Gasteiger partial charge in [0.1, 0.15) is 5.78 Å². The van der Waals surface area contributed by atoms with Crippen molar-refractivity contribution in [3.8, 4) is 0 Å². The van der Waals surface area contributed by atoms with Crippen LogP contribution in [0.5, 0.6) is 0 Å². The number of methoxy groups -OCH3 is 1. The van der Waals surface area contributed by atoms with E-state index in [4.69, 9.17) is 16.3 Å². The highest BCUT2D eigenvalue weighted by molar-refractivity contribution is 6.30. The van der Waals surface area contributed by atoms with Crippen LogP contribution in [0.3, 0.4) is 0 Å². The number of Topliss-reactive ketones (excluding diaryl/α,β-unsaturated/α-hetero) is 1. The number of halogens is 1. The fourth-order valence-electron chi connectivity index (χ4n) is 2.53. The van der Waals surface area contributed by atoms with E-state index in [1.165, 1.54) is 7.11 Å². The van der Waals surface area contributed by atoms with Crippen molar-refractivity contribution in [3.63, 3.8) is 0 Å². The number of hydrogen-bond acceptors (Lipinski definition) is 3. The van der Waals surface area contributed by atoms with Gasteiger partial charge in [-0.1, -0.05) is 23.7 Å². The van der Waals surface area contributed by atoms with E-state index in [0.29, 0.717) is 17.9 Å². The molecule has 0 saturated heterocycles. The Bertz CT molecular complexity index is 453. The molecule has 0 heterocycles. The maximum atomic E-state index is 11.9. The van der Waals surface area contributed by atoms with Crippen molar-refractivity contribution in [1.29, 1.82) is 0 Å². The zero-order valence-electron chi connectivity index (χ0n) is 10.2. The van der Waals surface area contributed by atoms with Crippen molar-refractivity contribution in [3.05, 3.63) is 34.9 Å². The molecule has 1 aliphatic rings. The maximum absolute atomic E-state index is 11.9. The van der Waals surface area contributed by atoms with Gasteiger partial charge in [-0.15, -0.1) is 0 Å². The highest BCUT2D eigenvalue weighted by atomic mass is 35.5. The standard InChI is InChI=1S/C14H15ClO3/c1-18-14(17)13(10-4-7-12(16)8-10)9-2-5-11(15)6-3-9/h2-3,5-6,10,13H,4,7-8H2,1H3. The van der Waals surface area contributed by atoms with E-state index >= 15 is 0 Å². The quantitative estimate of drug-likeness (QED) is 0.790. The predicted molar refractivity (Wildman–Crippen MR) is 68.6 cm³/mol. The molecular formula is C14H15ClO3. The van der Waals surface area contributed by atoms with Crippen LogP contribution in [0.4, 0.5) is 0 Å². The predicted octanol–water partition coefficient (Wildman–Crippen LogP) is 2.97. The number of ketones is 1. The molecule has 1 fully saturated rings. The number of esters is 1. The van der Waals surface area contributed by atoms with Crippen LogP contribution < -0.4 is 0 Å². The maximum Gasteiger partial charge on any atom is 0.313 e. The molecule has 2 rings (SSSR count). The third-order valence-electron chi connectivity index (χ3n) is 3.44. The Morgan fingerprint density at radius 1 is 1.39 bits per heavy atom. The van der Waals surface area contributed by atoms with Gasteiger partial charge in [-0.05, 0) is 30.0 Å². The molecule has 2 atom stereocenters. The van der Waals surface area contributed by atoms with E-state index in [1.807, 2.05) is 12.1 Å². The molecule has 0 amide bonds. The second-order valence-corrected chi connectivity index (χ2v) is 5.03. The minimum absolute atomic E-state index is 0.0473. The molecule has 0 aromatic heterocycles. The van der Waals surface area contributed by atoms with Crippen molar-refractivity contribution in [2.45, 2.75) is 25.2 Å². The summed E-state index contributed by atoms with van der Waals surface area (Å²) in [5, 5.41) is 0.630. The minimum atomic E-state index is -0.362. The van der Waals surface area contributed by atoms with Crippen molar-refractivity contribution in [1.82, 2.24) is 0 Å². The summed E-state index contributed by atoms with van der Waals surface area (Å²) in [4.78, 5) is 23.3. The fourth-order valence-corrected chi connectivity index (χ4v) is 2.65. The molecule has 96 valence electrons. The molecule has 0 bridgehead atoms. The Labute approximate surface area is 111 Å². The Balaban J connectivity index is 2.27. The van der Waals surface area contributed by atoms with E-state index in [-0.39, 0.29) is 23.6 Å². The zero-order valence-corrected chi connectivity index (χ0v) is 10.9. The second-order valence-electron chi connectivity index (χ2n) is 4.59. The summed E-state index contributed by atoms with van der Waals surface area (Å²) in [6.07, 6.45) is 1.77. The Morgan fingerprint density at radius 3 is 2.56 bits per heavy atom. The SMILES string of the molecule is COC(=O)C(c1ccc(Cl)cc1)C1CCC(=O)C1. The number of carbonyl (C=O) groups is 2. The highest BCUT2D eigenvalue weighted by Crippen LogP contribution is 2.36. The van der Waals surface area contributed by atoms with Crippen LogP contribution in [0.1, 0.15) is 30.7 Å². The van der Waals surface area contributed by atoms with Crippen molar-refractivity contribution >= 4 is 23.4 Å². The average molecular weight is 267 g/mol. The van der Waals surface area contributed by atoms with Gasteiger partial charge in [-0.25, -0.2) is 0 Å². The van der Waals surface area contributed by atoms with Crippen molar-refractivity contribution in [2.75, 3.05) is 7.11 Å². The monoisotopic (exact) mass is 266 g/mol. The molecule has 0 radical (unpaired) electrons. The zero-order chi connectivity index (χ0) is 13.1. The first-order valence-electron chi connectivity index (χ1n) is 5.97. The van der Waals surface area contributed by atoms with Gasteiger partial charge in [0.15, 0.2) is 0 Å². The van der Waals surface area contributed by atoms with Gasteiger partial charge >= 0.3 is 5.97 Å². The number of hydrogen-bond donors (Lipinski definition) is 0. The molecule has 2 unspecified atom stereocenters. The molecular weight excluding hydrogens is 252 g/mol. The lowest BCUT2D eigenvalue weighted by Gasteiger charge is -2.20. The second kappa shape index (κ2) is 5.53. The number of ether oxygens (including phenoxy) is 1. The van der Waals surface area contributed by atoms with E-state index in [0.717, 1.165) is 12.0 Å². The molecule has 1 saturated carbocycles. The van der Waals surface area contributed by atoms with Gasteiger partial charge in [-0.2, -0.15) is 0 Å². The van der Waals surface area contributed by atoms with E-state index in [1.54, 1.807) is 12.1 Å². The minimum Gasteiger partial charge on any atom is -0.469 e. The summed E-state index contributed by atoms with van der Waals surface area (Å²) < 4.78 is 4.86. The first kappa shape index (κ1) is 13.1. The molecule has 1 aliphatic carbocycles. The van der Waals surface area contributed by atoms with E-state index < -0.39 is 0 Å². The Kier molecular flexibility index (Phi) is 4.02. The summed E-state index contributed by atoms with van der Waals surface area (Å²) in [5.41, 5.74) is 0.867. The molecule has 0 spiro atoms. The first-order chi connectivity index (χ1) is 8.61. The normalized spacial score (nSPS) is 20.8. The van der Waals surface area contributed by atoms with Crippen LogP contribution in [0.2, 0.25) is 5.02 Å². The van der Waals surface area contributed by atoms with Gasteiger partial charge in [0, 0.05) is 17.9 Å². The van der Waals surface area contributed by atoms with Crippen LogP contribution in [-0.2, 0) is 14.3 Å². The van der Waals surface area contributed by atoms with E-state index in [9.17, 15) is 9.59 Å². The molecule has 18 heavy (non-hydrogen) atoms. The fraction of sp³-hybridized carbons (Fsp3) is 0.429. The smallest absolute Gasteiger partial charge is 0.313 e. The number of rotatable bonds is 3. The summed E-state index contributed by atoms with van der Waals surface area (Å²) in [7, 11) is 1.38. The first-order valence-corrected chi connectivity index (χ1v) is 6.34. The molecule has 4 heteroatoms. The van der Waals surface area contributed by atoms with Crippen LogP contribution in [0.15, 0.2) is 24.3 Å². The van der Waals surface area contributed by atoms with Crippen molar-refractivity contribution in [2.24, 2.45) is 5.92 Å². The average Bonchev–Trinajstić information content (AvgIpc) is 2.78. The largest absolute Gasteiger partial charge is 0.469 e. The van der Waals surface area contributed by atoms with Gasteiger partial charge in [0.05, 0.1) is 13.0 Å². The molecule has 1 aromatic rings. The Morgan fingerprint density at radius 2 is 2.06 bits per heavy atom. The summed E-state index contributed by atoms with van der Waals surface area (Å²) in [6, 6.07) is 7.16. The lowest BCUT2D eigenvalue weighted by atomic mass is 9.85. The van der Waals surface area contributed by atoms with Gasteiger partial charge in [-0.3, -0.25) is 9.59 Å². The van der Waals surface area contributed by atoms with Crippen LogP contribution >= 0.6 is 11.6 Å². The summed E-state index contributed by atoms with van der Waals surface area (Å²) >= 11 is 5.84. The molecule has 1 aromatic carbocycles. The summed E-state index contributed by atoms with van der Waals surface area (Å²) in [6.45, 7) is 0. The van der Waals surface area contributed by atoms with Gasteiger partial charge in [0.2, 0.25) is 0 Å². The highest BCUT2D eigenvalue weighted by Gasteiger charge is 2.35. The van der Waals surface area contributed by atoms with Gasteiger partial charge in [0.25, 0.3) is 0 Å². The van der Waals surface area contributed by atoms with Crippen molar-refractivity contribution < 1.29 is 14.3 Å². The lowest BCUT2D eigenvalue weighted by molar-refractivity contribution is -0.143. The van der Waals surface area contributed by atoms with Gasteiger partial charge < -0.3 is 4.74 Å². The topological polar surface area (TPSA) is 43.4 Å². The lowest BCUT2D eigenvalue weighted by Crippen LogP contribution is -2.21. The third-order valence-corrected chi connectivity index (χ3v) is 3.69. The third kappa shape index (κ3) is 2.72. The van der Waals surface area contributed by atoms with Crippen LogP contribution in [0, 0.1) is 5.92 Å². The number of benzene rings is 1. The Hall–Kier alpha value is -1.35. The molecule has 0 aliphatic heterocycles. The van der Waals surface area contributed by atoms with Crippen LogP contribution in [-0.4, -0.2) is 18.9 Å². The van der Waals surface area contributed by atoms with Crippen LogP contribution in [0.25, 0.3) is 0 Å². The summed E-state index contributed by atoms with van der Waals surface area (Å²) in [5.74, 6) is -0.371. The number of carbonyl (C=O) groups excluding carboxylic acids is 2. The van der Waals surface area contributed by atoms with E-state index in [2.05, 4.69) is 0 Å². The molecule has 3 nitrogen and oxygen atoms in total. The molecule has 0 N–H and O–H groups in total.